The Kier molecular flexibility index (Phi) is 2.63. The Morgan fingerprint density at radius 1 is 1.58 bits per heavy atom. The van der Waals surface area contributed by atoms with Crippen LogP contribution in [0.3, 0.4) is 0 Å². The van der Waals surface area contributed by atoms with Crippen molar-refractivity contribution in [1.82, 2.24) is 0 Å². The summed E-state index contributed by atoms with van der Waals surface area (Å²) < 4.78 is 5.47. The normalized spacial score (nSPS) is 42.2. The standard InChI is InChI=1S/C9H17NOS/c10-6-9(2-3-11-7-9)8-1-4-12-5-8/h8H,1-7,10H2. The molecule has 0 aromatic heterocycles. The highest BCUT2D eigenvalue weighted by Crippen LogP contribution is 2.43. The fourth-order valence-corrected chi connectivity index (χ4v) is 3.71. The SMILES string of the molecule is NCC1(C2CCSC2)CCOC1. The van der Waals surface area contributed by atoms with Crippen LogP contribution in [0.4, 0.5) is 0 Å². The van der Waals surface area contributed by atoms with Crippen molar-refractivity contribution in [2.75, 3.05) is 31.3 Å². The summed E-state index contributed by atoms with van der Waals surface area (Å²) in [4.78, 5) is 0. The molecular formula is C9H17NOS. The first-order valence-electron chi connectivity index (χ1n) is 4.73. The highest BCUT2D eigenvalue weighted by molar-refractivity contribution is 7.99. The van der Waals surface area contributed by atoms with E-state index in [1.165, 1.54) is 24.3 Å². The zero-order chi connectivity index (χ0) is 8.44. The van der Waals surface area contributed by atoms with Crippen molar-refractivity contribution < 1.29 is 4.74 Å². The van der Waals surface area contributed by atoms with Gasteiger partial charge in [0.2, 0.25) is 0 Å². The van der Waals surface area contributed by atoms with Crippen molar-refractivity contribution in [2.45, 2.75) is 12.8 Å². The molecule has 70 valence electrons. The van der Waals surface area contributed by atoms with Gasteiger partial charge >= 0.3 is 0 Å². The van der Waals surface area contributed by atoms with E-state index in [0.29, 0.717) is 5.41 Å². The number of nitrogens with two attached hydrogens (primary N) is 1. The molecule has 2 aliphatic heterocycles. The van der Waals surface area contributed by atoms with E-state index >= 15 is 0 Å². The lowest BCUT2D eigenvalue weighted by Gasteiger charge is -2.31. The van der Waals surface area contributed by atoms with Crippen LogP contribution in [0.25, 0.3) is 0 Å². The van der Waals surface area contributed by atoms with Crippen molar-refractivity contribution in [3.63, 3.8) is 0 Å². The molecule has 2 atom stereocenters. The second-order valence-corrected chi connectivity index (χ2v) is 5.08. The van der Waals surface area contributed by atoms with E-state index in [-0.39, 0.29) is 0 Å². The second kappa shape index (κ2) is 3.56. The summed E-state index contributed by atoms with van der Waals surface area (Å²) in [6.45, 7) is 2.66. The van der Waals surface area contributed by atoms with Gasteiger partial charge in [0.15, 0.2) is 0 Å². The molecule has 2 fully saturated rings. The Balaban J connectivity index is 2.04. The summed E-state index contributed by atoms with van der Waals surface area (Å²) in [7, 11) is 0. The molecule has 0 aliphatic carbocycles. The monoisotopic (exact) mass is 187 g/mol. The molecule has 2 saturated heterocycles. The summed E-state index contributed by atoms with van der Waals surface area (Å²) in [6.07, 6.45) is 2.54. The molecule has 0 bridgehead atoms. The van der Waals surface area contributed by atoms with Crippen molar-refractivity contribution in [2.24, 2.45) is 17.1 Å². The summed E-state index contributed by atoms with van der Waals surface area (Å²) in [6, 6.07) is 0. The second-order valence-electron chi connectivity index (χ2n) is 3.93. The Morgan fingerprint density at radius 2 is 2.50 bits per heavy atom. The molecule has 2 N–H and O–H groups in total. The zero-order valence-electron chi connectivity index (χ0n) is 7.42. The Hall–Kier alpha value is 0.270. The molecule has 0 saturated carbocycles. The average molecular weight is 187 g/mol. The van der Waals surface area contributed by atoms with Crippen LogP contribution in [-0.2, 0) is 4.74 Å². The number of hydrogen-bond acceptors (Lipinski definition) is 3. The fraction of sp³-hybridized carbons (Fsp3) is 1.00. The topological polar surface area (TPSA) is 35.2 Å². The first kappa shape index (κ1) is 8.85. The van der Waals surface area contributed by atoms with Gasteiger partial charge in [-0.25, -0.2) is 0 Å². The van der Waals surface area contributed by atoms with Crippen LogP contribution in [0.15, 0.2) is 0 Å². The van der Waals surface area contributed by atoms with Crippen molar-refractivity contribution in [1.29, 1.82) is 0 Å². The number of thioether (sulfide) groups is 1. The number of ether oxygens (including phenoxy) is 1. The third-order valence-corrected chi connectivity index (χ3v) is 4.50. The molecule has 2 heterocycles. The first-order chi connectivity index (χ1) is 5.87. The Morgan fingerprint density at radius 3 is 3.00 bits per heavy atom. The molecule has 2 rings (SSSR count). The Labute approximate surface area is 78.2 Å². The fourth-order valence-electron chi connectivity index (χ4n) is 2.29. The van der Waals surface area contributed by atoms with E-state index in [9.17, 15) is 0 Å². The van der Waals surface area contributed by atoms with Gasteiger partial charge in [-0.15, -0.1) is 0 Å². The van der Waals surface area contributed by atoms with E-state index in [1.54, 1.807) is 0 Å². The van der Waals surface area contributed by atoms with Gasteiger partial charge in [0.1, 0.15) is 0 Å². The predicted molar refractivity (Wildman–Crippen MR) is 52.4 cm³/mol. The van der Waals surface area contributed by atoms with Crippen molar-refractivity contribution in [3.8, 4) is 0 Å². The minimum Gasteiger partial charge on any atom is -0.381 e. The smallest absolute Gasteiger partial charge is 0.0538 e. The van der Waals surface area contributed by atoms with Crippen LogP contribution in [-0.4, -0.2) is 31.3 Å². The van der Waals surface area contributed by atoms with Crippen molar-refractivity contribution >= 4 is 11.8 Å². The molecule has 0 spiro atoms. The average Bonchev–Trinajstić information content (AvgIpc) is 2.76. The molecule has 2 aliphatic rings. The molecule has 0 amide bonds. The molecule has 2 unspecified atom stereocenters. The van der Waals surface area contributed by atoms with Gasteiger partial charge in [0.25, 0.3) is 0 Å². The minimum absolute atomic E-state index is 0.351. The lowest BCUT2D eigenvalue weighted by molar-refractivity contribution is 0.121. The van der Waals surface area contributed by atoms with E-state index in [0.717, 1.165) is 25.7 Å². The maximum Gasteiger partial charge on any atom is 0.0538 e. The van der Waals surface area contributed by atoms with Crippen LogP contribution in [0, 0.1) is 11.3 Å². The maximum absolute atomic E-state index is 5.86. The summed E-state index contributed by atoms with van der Waals surface area (Å²) in [5, 5.41) is 0. The first-order valence-corrected chi connectivity index (χ1v) is 5.88. The molecule has 12 heavy (non-hydrogen) atoms. The zero-order valence-corrected chi connectivity index (χ0v) is 8.24. The largest absolute Gasteiger partial charge is 0.381 e. The van der Waals surface area contributed by atoms with Gasteiger partial charge < -0.3 is 10.5 Å². The van der Waals surface area contributed by atoms with Gasteiger partial charge in [-0.1, -0.05) is 0 Å². The van der Waals surface area contributed by atoms with Crippen LogP contribution in [0.2, 0.25) is 0 Å². The van der Waals surface area contributed by atoms with Crippen LogP contribution in [0.5, 0.6) is 0 Å². The lowest BCUT2D eigenvalue weighted by Crippen LogP contribution is -2.38. The highest BCUT2D eigenvalue weighted by Gasteiger charge is 2.42. The molecular weight excluding hydrogens is 170 g/mol. The molecule has 3 heteroatoms. The number of hydrogen-bond donors (Lipinski definition) is 1. The molecule has 0 radical (unpaired) electrons. The van der Waals surface area contributed by atoms with E-state index in [4.69, 9.17) is 10.5 Å². The van der Waals surface area contributed by atoms with Crippen LogP contribution >= 0.6 is 11.8 Å². The van der Waals surface area contributed by atoms with Crippen LogP contribution < -0.4 is 5.73 Å². The summed E-state index contributed by atoms with van der Waals surface area (Å²) in [5.74, 6) is 3.46. The van der Waals surface area contributed by atoms with Crippen LogP contribution in [0.1, 0.15) is 12.8 Å². The van der Waals surface area contributed by atoms with Gasteiger partial charge in [-0.05, 0) is 30.3 Å². The lowest BCUT2D eigenvalue weighted by atomic mass is 9.74. The maximum atomic E-state index is 5.86. The van der Waals surface area contributed by atoms with Crippen molar-refractivity contribution in [3.05, 3.63) is 0 Å². The number of rotatable bonds is 2. The predicted octanol–water partition coefficient (Wildman–Crippen LogP) is 1.10. The van der Waals surface area contributed by atoms with E-state index in [2.05, 4.69) is 11.8 Å². The third kappa shape index (κ3) is 1.38. The molecule has 2 nitrogen and oxygen atoms in total. The Bertz CT molecular complexity index is 151. The van der Waals surface area contributed by atoms with Gasteiger partial charge in [0, 0.05) is 18.6 Å². The van der Waals surface area contributed by atoms with Gasteiger partial charge in [0.05, 0.1) is 6.61 Å². The van der Waals surface area contributed by atoms with Gasteiger partial charge in [-0.3, -0.25) is 0 Å². The van der Waals surface area contributed by atoms with E-state index in [1.807, 2.05) is 0 Å². The molecule has 0 aromatic rings. The highest BCUT2D eigenvalue weighted by atomic mass is 32.2. The minimum atomic E-state index is 0.351. The van der Waals surface area contributed by atoms with Gasteiger partial charge in [-0.2, -0.15) is 11.8 Å². The van der Waals surface area contributed by atoms with E-state index < -0.39 is 0 Å². The third-order valence-electron chi connectivity index (χ3n) is 3.34. The summed E-state index contributed by atoms with van der Waals surface area (Å²) >= 11 is 2.07. The quantitative estimate of drug-likeness (QED) is 0.703. The molecule has 0 aromatic carbocycles. The summed E-state index contributed by atoms with van der Waals surface area (Å²) in [5.41, 5.74) is 6.21.